The lowest BCUT2D eigenvalue weighted by Crippen LogP contribution is -2.48. The minimum atomic E-state index is -0.655. The van der Waals surface area contributed by atoms with Gasteiger partial charge in [0.2, 0.25) is 5.91 Å². The van der Waals surface area contributed by atoms with Crippen LogP contribution in [0.5, 0.6) is 0 Å². The fourth-order valence-corrected chi connectivity index (χ4v) is 4.66. The summed E-state index contributed by atoms with van der Waals surface area (Å²) in [7, 11) is 0. The van der Waals surface area contributed by atoms with Crippen molar-refractivity contribution < 1.29 is 9.90 Å². The lowest BCUT2D eigenvalue weighted by molar-refractivity contribution is -0.124. The van der Waals surface area contributed by atoms with Crippen molar-refractivity contribution >= 4 is 11.6 Å². The number of hydrogen-bond donors (Lipinski definition) is 3. The van der Waals surface area contributed by atoms with E-state index in [0.29, 0.717) is 18.4 Å². The molecule has 1 unspecified atom stereocenters. The van der Waals surface area contributed by atoms with Gasteiger partial charge in [0.05, 0.1) is 5.60 Å². The SMILES string of the molecule is Cc1cccc(NC(C)(C)C(=O)NCCC2C[C@@H]3CC[C@@](O)(C2)C3)c1. The highest BCUT2D eigenvalue weighted by molar-refractivity contribution is 5.88. The van der Waals surface area contributed by atoms with Crippen molar-refractivity contribution in [2.24, 2.45) is 11.8 Å². The number of aryl methyl sites for hydroxylation is 1. The Labute approximate surface area is 151 Å². The number of fused-ring (bicyclic) bond motifs is 2. The summed E-state index contributed by atoms with van der Waals surface area (Å²) in [5.41, 5.74) is 1.07. The van der Waals surface area contributed by atoms with Crippen LogP contribution in [-0.2, 0) is 4.79 Å². The van der Waals surface area contributed by atoms with Crippen LogP contribution in [0.25, 0.3) is 0 Å². The normalized spacial score (nSPS) is 28.6. The van der Waals surface area contributed by atoms with Crippen LogP contribution in [0.4, 0.5) is 5.69 Å². The maximum atomic E-state index is 12.6. The van der Waals surface area contributed by atoms with Crippen LogP contribution in [-0.4, -0.2) is 28.7 Å². The maximum Gasteiger partial charge on any atom is 0.245 e. The summed E-state index contributed by atoms with van der Waals surface area (Å²) in [4.78, 5) is 12.6. The third-order valence-electron chi connectivity index (χ3n) is 5.90. The molecule has 0 heterocycles. The number of benzene rings is 1. The molecule has 0 aromatic heterocycles. The highest BCUT2D eigenvalue weighted by Crippen LogP contribution is 2.48. The van der Waals surface area contributed by atoms with E-state index in [9.17, 15) is 9.90 Å². The molecule has 2 bridgehead atoms. The van der Waals surface area contributed by atoms with Crippen LogP contribution in [0.1, 0.15) is 57.9 Å². The van der Waals surface area contributed by atoms with Gasteiger partial charge in [-0.2, -0.15) is 0 Å². The fourth-order valence-electron chi connectivity index (χ4n) is 4.66. The van der Waals surface area contributed by atoms with E-state index in [0.717, 1.165) is 31.4 Å². The molecule has 2 fully saturated rings. The summed E-state index contributed by atoms with van der Waals surface area (Å²) in [5.74, 6) is 1.25. The molecule has 2 aliphatic rings. The van der Waals surface area contributed by atoms with Gasteiger partial charge in [-0.3, -0.25) is 4.79 Å². The number of hydrogen-bond acceptors (Lipinski definition) is 3. The first-order valence-electron chi connectivity index (χ1n) is 9.61. The third kappa shape index (κ3) is 4.55. The van der Waals surface area contributed by atoms with E-state index in [1.165, 1.54) is 18.4 Å². The summed E-state index contributed by atoms with van der Waals surface area (Å²) in [5, 5.41) is 16.9. The number of nitrogens with one attached hydrogen (secondary N) is 2. The smallest absolute Gasteiger partial charge is 0.245 e. The summed E-state index contributed by atoms with van der Waals surface area (Å²) in [6, 6.07) is 8.07. The minimum Gasteiger partial charge on any atom is -0.390 e. The van der Waals surface area contributed by atoms with Gasteiger partial charge in [-0.25, -0.2) is 0 Å². The van der Waals surface area contributed by atoms with Crippen molar-refractivity contribution in [2.45, 2.75) is 70.4 Å². The van der Waals surface area contributed by atoms with Crippen molar-refractivity contribution in [3.63, 3.8) is 0 Å². The lowest BCUT2D eigenvalue weighted by Gasteiger charge is -2.34. The van der Waals surface area contributed by atoms with E-state index in [-0.39, 0.29) is 5.91 Å². The van der Waals surface area contributed by atoms with E-state index in [1.54, 1.807) is 0 Å². The van der Waals surface area contributed by atoms with Crippen LogP contribution in [0.3, 0.4) is 0 Å². The molecule has 3 rings (SSSR count). The Morgan fingerprint density at radius 2 is 2.16 bits per heavy atom. The Hall–Kier alpha value is -1.55. The highest BCUT2D eigenvalue weighted by atomic mass is 16.3. The Bertz CT molecular complexity index is 628. The van der Waals surface area contributed by atoms with E-state index < -0.39 is 11.1 Å². The van der Waals surface area contributed by atoms with Crippen molar-refractivity contribution in [1.29, 1.82) is 0 Å². The van der Waals surface area contributed by atoms with Gasteiger partial charge in [0.1, 0.15) is 5.54 Å². The Morgan fingerprint density at radius 1 is 1.36 bits per heavy atom. The molecular formula is C21H32N2O2. The van der Waals surface area contributed by atoms with Crippen LogP contribution in [0, 0.1) is 18.8 Å². The monoisotopic (exact) mass is 344 g/mol. The average Bonchev–Trinajstić information content (AvgIpc) is 2.79. The largest absolute Gasteiger partial charge is 0.390 e. The van der Waals surface area contributed by atoms with Crippen LogP contribution < -0.4 is 10.6 Å². The summed E-state index contributed by atoms with van der Waals surface area (Å²) in [6.07, 6.45) is 6.21. The van der Waals surface area contributed by atoms with Crippen molar-refractivity contribution in [1.82, 2.24) is 5.32 Å². The number of carbonyl (C=O) groups excluding carboxylic acids is 1. The number of amides is 1. The first-order chi connectivity index (χ1) is 11.8. The van der Waals surface area contributed by atoms with Gasteiger partial charge in [-0.15, -0.1) is 0 Å². The molecule has 0 spiro atoms. The van der Waals surface area contributed by atoms with Gasteiger partial charge in [-0.1, -0.05) is 12.1 Å². The van der Waals surface area contributed by atoms with Gasteiger partial charge in [0.15, 0.2) is 0 Å². The molecule has 4 nitrogen and oxygen atoms in total. The van der Waals surface area contributed by atoms with Crippen LogP contribution in [0.2, 0.25) is 0 Å². The molecule has 3 atom stereocenters. The van der Waals surface area contributed by atoms with Gasteiger partial charge in [-0.05, 0) is 88.8 Å². The van der Waals surface area contributed by atoms with E-state index in [4.69, 9.17) is 0 Å². The van der Waals surface area contributed by atoms with Crippen molar-refractivity contribution in [2.75, 3.05) is 11.9 Å². The molecule has 0 saturated heterocycles. The first kappa shape index (κ1) is 18.2. The minimum absolute atomic E-state index is 0.0199. The first-order valence-corrected chi connectivity index (χ1v) is 9.61. The zero-order chi connectivity index (χ0) is 18.1. The second-order valence-electron chi connectivity index (χ2n) is 8.80. The molecule has 1 amide bonds. The maximum absolute atomic E-state index is 12.6. The molecule has 1 aromatic carbocycles. The van der Waals surface area contributed by atoms with Gasteiger partial charge in [0.25, 0.3) is 0 Å². The summed E-state index contributed by atoms with van der Waals surface area (Å²) in [6.45, 7) is 6.55. The Kier molecular flexibility index (Phi) is 5.10. The fraction of sp³-hybridized carbons (Fsp3) is 0.667. The van der Waals surface area contributed by atoms with Crippen LogP contribution >= 0.6 is 0 Å². The van der Waals surface area contributed by atoms with Gasteiger partial charge < -0.3 is 15.7 Å². The average molecular weight is 344 g/mol. The van der Waals surface area contributed by atoms with Gasteiger partial charge in [0, 0.05) is 12.2 Å². The number of carbonyl (C=O) groups is 1. The molecule has 138 valence electrons. The van der Waals surface area contributed by atoms with E-state index >= 15 is 0 Å². The Morgan fingerprint density at radius 3 is 2.88 bits per heavy atom. The van der Waals surface area contributed by atoms with E-state index in [1.807, 2.05) is 45.0 Å². The standard InChI is InChI=1S/C21H32N2O2/c1-15-5-4-6-18(11-15)23-20(2,3)19(24)22-10-8-17-12-16-7-9-21(25,13-16)14-17/h4-6,11,16-17,23,25H,7-10,12-14H2,1-3H3,(H,22,24)/t16-,17?,21-/m0/s1. The van der Waals surface area contributed by atoms with Crippen LogP contribution in [0.15, 0.2) is 24.3 Å². The molecule has 25 heavy (non-hydrogen) atoms. The number of rotatable bonds is 6. The summed E-state index contributed by atoms with van der Waals surface area (Å²) >= 11 is 0. The van der Waals surface area contributed by atoms with Crippen molar-refractivity contribution in [3.8, 4) is 0 Å². The van der Waals surface area contributed by atoms with Crippen molar-refractivity contribution in [3.05, 3.63) is 29.8 Å². The third-order valence-corrected chi connectivity index (χ3v) is 5.90. The van der Waals surface area contributed by atoms with E-state index in [2.05, 4.69) is 10.6 Å². The Balaban J connectivity index is 1.47. The second-order valence-corrected chi connectivity index (χ2v) is 8.80. The molecule has 0 aliphatic heterocycles. The predicted molar refractivity (Wildman–Crippen MR) is 102 cm³/mol. The topological polar surface area (TPSA) is 61.4 Å². The molecule has 3 N–H and O–H groups in total. The highest BCUT2D eigenvalue weighted by Gasteiger charge is 2.43. The molecule has 4 heteroatoms. The number of anilines is 1. The molecule has 1 aromatic rings. The second kappa shape index (κ2) is 6.99. The zero-order valence-electron chi connectivity index (χ0n) is 15.8. The predicted octanol–water partition coefficient (Wildman–Crippen LogP) is 3.63. The molecule has 0 radical (unpaired) electrons. The number of aliphatic hydroxyl groups is 1. The summed E-state index contributed by atoms with van der Waals surface area (Å²) < 4.78 is 0. The molecular weight excluding hydrogens is 312 g/mol. The molecule has 2 aliphatic carbocycles. The molecule has 2 saturated carbocycles. The van der Waals surface area contributed by atoms with Gasteiger partial charge >= 0.3 is 0 Å². The quantitative estimate of drug-likeness (QED) is 0.738. The zero-order valence-corrected chi connectivity index (χ0v) is 15.8. The lowest BCUT2D eigenvalue weighted by atomic mass is 9.77.